The fourth-order valence-corrected chi connectivity index (χ4v) is 4.42. The summed E-state index contributed by atoms with van der Waals surface area (Å²) >= 11 is 7.66. The van der Waals surface area contributed by atoms with E-state index in [1.54, 1.807) is 17.7 Å². The minimum absolute atomic E-state index is 0.156. The van der Waals surface area contributed by atoms with Gasteiger partial charge in [-0.15, -0.1) is 11.3 Å². The maximum Gasteiger partial charge on any atom is 0.138 e. The molecule has 5 rings (SSSR count). The van der Waals surface area contributed by atoms with Crippen LogP contribution < -0.4 is 10.6 Å². The third-order valence-electron chi connectivity index (χ3n) is 5.18. The van der Waals surface area contributed by atoms with E-state index in [4.69, 9.17) is 16.3 Å². The van der Waals surface area contributed by atoms with Crippen LogP contribution in [0.25, 0.3) is 21.3 Å². The summed E-state index contributed by atoms with van der Waals surface area (Å²) < 4.78 is 6.02. The summed E-state index contributed by atoms with van der Waals surface area (Å²) in [5.41, 5.74) is 2.53. The van der Waals surface area contributed by atoms with Crippen molar-refractivity contribution in [3.8, 4) is 11.1 Å². The molecule has 26 heavy (non-hydrogen) atoms. The van der Waals surface area contributed by atoms with Gasteiger partial charge in [-0.25, -0.2) is 9.97 Å². The quantitative estimate of drug-likeness (QED) is 0.711. The Balaban J connectivity index is 1.39. The lowest BCUT2D eigenvalue weighted by Gasteiger charge is -2.30. The summed E-state index contributed by atoms with van der Waals surface area (Å²) in [6.45, 7) is 2.42. The number of nitrogens with zero attached hydrogens (tertiary/aromatic N) is 2. The molecule has 5 nitrogen and oxygen atoms in total. The van der Waals surface area contributed by atoms with Gasteiger partial charge in [0.15, 0.2) is 0 Å². The van der Waals surface area contributed by atoms with Crippen molar-refractivity contribution in [3.05, 3.63) is 41.0 Å². The van der Waals surface area contributed by atoms with Crippen molar-refractivity contribution >= 4 is 39.0 Å². The van der Waals surface area contributed by atoms with Gasteiger partial charge in [0, 0.05) is 34.6 Å². The van der Waals surface area contributed by atoms with Crippen LogP contribution in [0, 0.1) is 0 Å². The number of halogens is 1. The molecule has 7 heteroatoms. The van der Waals surface area contributed by atoms with Crippen molar-refractivity contribution in [1.29, 1.82) is 0 Å². The molecular formula is C19H19ClN4OS. The van der Waals surface area contributed by atoms with Crippen LogP contribution in [0.2, 0.25) is 5.02 Å². The van der Waals surface area contributed by atoms with Crippen molar-refractivity contribution in [2.45, 2.75) is 24.5 Å². The first-order chi connectivity index (χ1) is 12.7. The zero-order chi connectivity index (χ0) is 17.6. The Bertz CT molecular complexity index is 928. The van der Waals surface area contributed by atoms with Gasteiger partial charge in [0.1, 0.15) is 17.0 Å². The van der Waals surface area contributed by atoms with Gasteiger partial charge >= 0.3 is 0 Å². The molecule has 1 aliphatic carbocycles. The maximum atomic E-state index is 6.03. The van der Waals surface area contributed by atoms with Gasteiger partial charge in [-0.3, -0.25) is 0 Å². The monoisotopic (exact) mass is 386 g/mol. The predicted octanol–water partition coefficient (Wildman–Crippen LogP) is 3.94. The molecule has 2 aliphatic rings. The molecule has 2 aromatic heterocycles. The second kappa shape index (κ2) is 6.46. The van der Waals surface area contributed by atoms with Crippen LogP contribution in [0.5, 0.6) is 0 Å². The normalized spacial score (nSPS) is 21.2. The van der Waals surface area contributed by atoms with Crippen LogP contribution >= 0.6 is 22.9 Å². The Morgan fingerprint density at radius 1 is 1.27 bits per heavy atom. The molecule has 1 aromatic carbocycles. The van der Waals surface area contributed by atoms with Crippen molar-refractivity contribution in [3.63, 3.8) is 0 Å². The van der Waals surface area contributed by atoms with Crippen LogP contribution in [-0.2, 0) is 4.74 Å². The Morgan fingerprint density at radius 3 is 2.85 bits per heavy atom. The van der Waals surface area contributed by atoms with Gasteiger partial charge in [0.2, 0.25) is 0 Å². The second-order valence-corrected chi connectivity index (χ2v) is 8.33. The molecule has 1 spiro atoms. The Kier molecular flexibility index (Phi) is 4.09. The summed E-state index contributed by atoms with van der Waals surface area (Å²) in [7, 11) is 0. The zero-order valence-corrected chi connectivity index (χ0v) is 15.7. The first-order valence-electron chi connectivity index (χ1n) is 8.81. The third kappa shape index (κ3) is 3.07. The molecule has 0 amide bonds. The van der Waals surface area contributed by atoms with Crippen LogP contribution in [-0.4, -0.2) is 41.3 Å². The summed E-state index contributed by atoms with van der Waals surface area (Å²) in [6, 6.07) is 7.88. The van der Waals surface area contributed by atoms with Crippen molar-refractivity contribution in [1.82, 2.24) is 15.3 Å². The molecule has 1 saturated heterocycles. The maximum absolute atomic E-state index is 6.03. The number of benzene rings is 1. The van der Waals surface area contributed by atoms with E-state index in [1.807, 2.05) is 24.3 Å². The minimum Gasteiger partial charge on any atom is -0.373 e. The van der Waals surface area contributed by atoms with Crippen LogP contribution in [0.15, 0.2) is 36.0 Å². The topological polar surface area (TPSA) is 59.1 Å². The Hall–Kier alpha value is -1.73. The third-order valence-corrected chi connectivity index (χ3v) is 6.31. The standard InChI is InChI=1S/C19H19ClN4OS/c20-13-3-1-12(2-4-13)15-9-26-18-16(15)17(22-11-23-18)21-7-14-8-24-19(5-6-19)10-25-14/h1-4,9,11,14,24H,5-8,10H2,(H,21,22,23). The average Bonchev–Trinajstić information content (AvgIpc) is 3.28. The lowest BCUT2D eigenvalue weighted by atomic mass is 10.1. The molecular weight excluding hydrogens is 368 g/mol. The fourth-order valence-electron chi connectivity index (χ4n) is 3.38. The number of nitrogens with one attached hydrogen (secondary N) is 2. The minimum atomic E-state index is 0.156. The Labute approximate surface area is 160 Å². The molecule has 134 valence electrons. The molecule has 3 heterocycles. The number of hydrogen-bond acceptors (Lipinski definition) is 6. The molecule has 2 fully saturated rings. The average molecular weight is 387 g/mol. The van der Waals surface area contributed by atoms with E-state index < -0.39 is 0 Å². The lowest BCUT2D eigenvalue weighted by molar-refractivity contribution is 0.00472. The molecule has 0 bridgehead atoms. The molecule has 1 aliphatic heterocycles. The zero-order valence-electron chi connectivity index (χ0n) is 14.2. The summed E-state index contributed by atoms with van der Waals surface area (Å²) in [5, 5.41) is 11.0. The number of morpholine rings is 1. The van der Waals surface area contributed by atoms with Crippen LogP contribution in [0.3, 0.4) is 0 Å². The van der Waals surface area contributed by atoms with Crippen LogP contribution in [0.4, 0.5) is 5.82 Å². The molecule has 1 saturated carbocycles. The van der Waals surface area contributed by atoms with E-state index in [9.17, 15) is 0 Å². The first kappa shape index (κ1) is 16.4. The van der Waals surface area contributed by atoms with E-state index in [1.165, 1.54) is 12.8 Å². The number of ether oxygens (including phenoxy) is 1. The first-order valence-corrected chi connectivity index (χ1v) is 10.1. The van der Waals surface area contributed by atoms with Crippen molar-refractivity contribution in [2.24, 2.45) is 0 Å². The lowest BCUT2D eigenvalue weighted by Crippen LogP contribution is -2.50. The summed E-state index contributed by atoms with van der Waals surface area (Å²) in [6.07, 6.45) is 4.24. The number of thiophene rings is 1. The van der Waals surface area contributed by atoms with E-state index in [-0.39, 0.29) is 11.6 Å². The fraction of sp³-hybridized carbons (Fsp3) is 0.368. The van der Waals surface area contributed by atoms with Gasteiger partial charge in [0.05, 0.1) is 18.1 Å². The summed E-state index contributed by atoms with van der Waals surface area (Å²) in [4.78, 5) is 9.89. The van der Waals surface area contributed by atoms with Gasteiger partial charge in [0.25, 0.3) is 0 Å². The molecule has 3 aromatic rings. The van der Waals surface area contributed by atoms with E-state index in [0.29, 0.717) is 0 Å². The number of hydrogen-bond donors (Lipinski definition) is 2. The molecule has 1 atom stereocenters. The van der Waals surface area contributed by atoms with Gasteiger partial charge in [-0.2, -0.15) is 0 Å². The highest BCUT2D eigenvalue weighted by atomic mass is 35.5. The summed E-state index contributed by atoms with van der Waals surface area (Å²) in [5.74, 6) is 0.858. The van der Waals surface area contributed by atoms with Crippen molar-refractivity contribution < 1.29 is 4.74 Å². The second-order valence-electron chi connectivity index (χ2n) is 7.03. The number of fused-ring (bicyclic) bond motifs is 1. The van der Waals surface area contributed by atoms with Gasteiger partial charge in [-0.05, 0) is 30.5 Å². The highest BCUT2D eigenvalue weighted by Crippen LogP contribution is 2.38. The van der Waals surface area contributed by atoms with Crippen LogP contribution in [0.1, 0.15) is 12.8 Å². The number of aromatic nitrogens is 2. The molecule has 1 unspecified atom stereocenters. The Morgan fingerprint density at radius 2 is 2.12 bits per heavy atom. The van der Waals surface area contributed by atoms with E-state index in [0.717, 1.165) is 51.9 Å². The highest BCUT2D eigenvalue weighted by Gasteiger charge is 2.45. The van der Waals surface area contributed by atoms with E-state index in [2.05, 4.69) is 26.0 Å². The smallest absolute Gasteiger partial charge is 0.138 e. The van der Waals surface area contributed by atoms with Gasteiger partial charge in [-0.1, -0.05) is 23.7 Å². The SMILES string of the molecule is Clc1ccc(-c2csc3ncnc(NCC4CNC5(CC5)CO4)c23)cc1. The van der Waals surface area contributed by atoms with Gasteiger partial charge < -0.3 is 15.4 Å². The largest absolute Gasteiger partial charge is 0.373 e. The highest BCUT2D eigenvalue weighted by molar-refractivity contribution is 7.17. The molecule has 2 N–H and O–H groups in total. The number of rotatable bonds is 4. The van der Waals surface area contributed by atoms with E-state index >= 15 is 0 Å². The number of anilines is 1. The molecule has 0 radical (unpaired) electrons. The van der Waals surface area contributed by atoms with Crippen molar-refractivity contribution in [2.75, 3.05) is 25.0 Å². The predicted molar refractivity (Wildman–Crippen MR) is 106 cm³/mol.